The highest BCUT2D eigenvalue weighted by molar-refractivity contribution is 8.77. The van der Waals surface area contributed by atoms with Crippen molar-refractivity contribution in [3.63, 3.8) is 0 Å². The molecule has 2 heteroatoms. The molecule has 0 aromatic rings. The van der Waals surface area contributed by atoms with Crippen molar-refractivity contribution in [2.45, 2.75) is 58.0 Å². The van der Waals surface area contributed by atoms with Crippen molar-refractivity contribution in [3.8, 4) is 0 Å². The molecule has 0 nitrogen and oxygen atoms in total. The lowest BCUT2D eigenvalue weighted by Crippen LogP contribution is -1.98. The fourth-order valence-electron chi connectivity index (χ4n) is 0.822. The predicted octanol–water partition coefficient (Wildman–Crippen LogP) is 4.60. The largest absolute Gasteiger partial charge is 0.0910 e. The summed E-state index contributed by atoms with van der Waals surface area (Å²) >= 11 is 0. The highest BCUT2D eigenvalue weighted by atomic mass is 33.1. The van der Waals surface area contributed by atoms with Crippen molar-refractivity contribution in [2.75, 3.05) is 0 Å². The van der Waals surface area contributed by atoms with Gasteiger partial charge >= 0.3 is 0 Å². The molecule has 0 aromatic carbocycles. The van der Waals surface area contributed by atoms with Crippen LogP contribution in [-0.2, 0) is 0 Å². The molecule has 0 amide bonds. The first-order valence-corrected chi connectivity index (χ1v) is 7.12. The van der Waals surface area contributed by atoms with E-state index in [1.54, 1.807) is 0 Å². The molecule has 0 fully saturated rings. The van der Waals surface area contributed by atoms with Gasteiger partial charge in [-0.1, -0.05) is 56.2 Å². The van der Waals surface area contributed by atoms with Crippen LogP contribution in [0, 0.1) is 5.92 Å². The summed E-state index contributed by atoms with van der Waals surface area (Å²) < 4.78 is 0. The van der Waals surface area contributed by atoms with Crippen LogP contribution < -0.4 is 0 Å². The normalized spacial score (nSPS) is 14.2. The van der Waals surface area contributed by atoms with Gasteiger partial charge in [-0.25, -0.2) is 0 Å². The molecule has 0 saturated heterocycles. The van der Waals surface area contributed by atoms with E-state index in [1.165, 1.54) is 12.8 Å². The van der Waals surface area contributed by atoms with Crippen molar-refractivity contribution in [1.82, 2.24) is 0 Å². The zero-order valence-electron chi connectivity index (χ0n) is 8.96. The minimum absolute atomic E-state index is 0.761. The molecule has 0 rings (SSSR count). The van der Waals surface area contributed by atoms with Gasteiger partial charge in [0, 0.05) is 10.5 Å². The number of hydrogen-bond acceptors (Lipinski definition) is 2. The van der Waals surface area contributed by atoms with E-state index in [4.69, 9.17) is 0 Å². The Morgan fingerprint density at radius 3 is 1.83 bits per heavy atom. The van der Waals surface area contributed by atoms with Crippen LogP contribution in [0.4, 0.5) is 0 Å². The van der Waals surface area contributed by atoms with Crippen LogP contribution in [0.15, 0.2) is 0 Å². The van der Waals surface area contributed by atoms with Gasteiger partial charge < -0.3 is 0 Å². The lowest BCUT2D eigenvalue weighted by atomic mass is 10.1. The molecule has 0 spiro atoms. The van der Waals surface area contributed by atoms with Crippen LogP contribution in [0.25, 0.3) is 0 Å². The quantitative estimate of drug-likeness (QED) is 0.582. The Morgan fingerprint density at radius 2 is 1.42 bits per heavy atom. The summed E-state index contributed by atoms with van der Waals surface area (Å²) in [6, 6.07) is 0. The topological polar surface area (TPSA) is 0 Å². The fourth-order valence-corrected chi connectivity index (χ4v) is 2.99. The Labute approximate surface area is 85.7 Å². The van der Waals surface area contributed by atoms with E-state index in [-0.39, 0.29) is 0 Å². The maximum absolute atomic E-state index is 2.34. The van der Waals surface area contributed by atoms with Crippen LogP contribution >= 0.6 is 21.6 Å². The first-order valence-electron chi connectivity index (χ1n) is 4.84. The zero-order chi connectivity index (χ0) is 9.56. The minimum Gasteiger partial charge on any atom is -0.0910 e. The van der Waals surface area contributed by atoms with Gasteiger partial charge in [0.25, 0.3) is 0 Å². The number of rotatable bonds is 6. The molecule has 74 valence electrons. The second-order valence-electron chi connectivity index (χ2n) is 4.02. The standard InChI is InChI=1S/C10H22S2/c1-8(2)6-7-10(5)12-11-9(3)4/h8-10H,6-7H2,1-5H3. The lowest BCUT2D eigenvalue weighted by molar-refractivity contribution is 0.555. The molecule has 0 bridgehead atoms. The van der Waals surface area contributed by atoms with Crippen LogP contribution in [0.3, 0.4) is 0 Å². The lowest BCUT2D eigenvalue weighted by Gasteiger charge is -2.12. The Balaban J connectivity index is 3.27. The molecule has 1 atom stereocenters. The summed E-state index contributed by atoms with van der Waals surface area (Å²) in [6.07, 6.45) is 2.73. The molecule has 0 aliphatic rings. The van der Waals surface area contributed by atoms with Crippen molar-refractivity contribution >= 4 is 21.6 Å². The SMILES string of the molecule is CC(C)CCC(C)SSC(C)C. The molecule has 0 aliphatic carbocycles. The third-order valence-electron chi connectivity index (χ3n) is 1.56. The van der Waals surface area contributed by atoms with Crippen molar-refractivity contribution in [3.05, 3.63) is 0 Å². The van der Waals surface area contributed by atoms with Crippen molar-refractivity contribution in [1.29, 1.82) is 0 Å². The summed E-state index contributed by atoms with van der Waals surface area (Å²) in [6.45, 7) is 11.4. The third-order valence-corrected chi connectivity index (χ3v) is 5.10. The van der Waals surface area contributed by atoms with Gasteiger partial charge in [-0.15, -0.1) is 0 Å². The molecule has 0 heterocycles. The fraction of sp³-hybridized carbons (Fsp3) is 1.00. The second kappa shape index (κ2) is 7.14. The average Bonchev–Trinajstić information content (AvgIpc) is 1.96. The Morgan fingerprint density at radius 1 is 0.833 bits per heavy atom. The third kappa shape index (κ3) is 8.79. The van der Waals surface area contributed by atoms with E-state index in [1.807, 2.05) is 21.6 Å². The zero-order valence-corrected chi connectivity index (χ0v) is 10.6. The van der Waals surface area contributed by atoms with Gasteiger partial charge in [0.2, 0.25) is 0 Å². The predicted molar refractivity (Wildman–Crippen MR) is 63.9 cm³/mol. The Bertz CT molecular complexity index is 88.0. The molecular weight excluding hydrogens is 184 g/mol. The maximum atomic E-state index is 2.34. The molecule has 12 heavy (non-hydrogen) atoms. The molecule has 0 aliphatic heterocycles. The van der Waals surface area contributed by atoms with E-state index in [0.29, 0.717) is 0 Å². The average molecular weight is 206 g/mol. The van der Waals surface area contributed by atoms with Gasteiger partial charge in [0.05, 0.1) is 0 Å². The van der Waals surface area contributed by atoms with E-state index in [9.17, 15) is 0 Å². The summed E-state index contributed by atoms with van der Waals surface area (Å²) in [4.78, 5) is 0. The summed E-state index contributed by atoms with van der Waals surface area (Å²) in [7, 11) is 4.05. The molecule has 0 N–H and O–H groups in total. The van der Waals surface area contributed by atoms with Gasteiger partial charge in [-0.05, 0) is 18.8 Å². The van der Waals surface area contributed by atoms with E-state index in [2.05, 4.69) is 34.6 Å². The smallest absolute Gasteiger partial charge is 0.0123 e. The summed E-state index contributed by atoms with van der Waals surface area (Å²) in [5.74, 6) is 0.858. The monoisotopic (exact) mass is 206 g/mol. The molecule has 0 radical (unpaired) electrons. The first-order chi connectivity index (χ1) is 5.52. The second-order valence-corrected chi connectivity index (χ2v) is 7.31. The van der Waals surface area contributed by atoms with Crippen molar-refractivity contribution < 1.29 is 0 Å². The minimum atomic E-state index is 0.761. The van der Waals surface area contributed by atoms with Crippen LogP contribution in [0.5, 0.6) is 0 Å². The van der Waals surface area contributed by atoms with Gasteiger partial charge in [0.1, 0.15) is 0 Å². The van der Waals surface area contributed by atoms with Crippen LogP contribution in [-0.4, -0.2) is 10.5 Å². The van der Waals surface area contributed by atoms with Crippen LogP contribution in [0.1, 0.15) is 47.5 Å². The van der Waals surface area contributed by atoms with Gasteiger partial charge in [0.15, 0.2) is 0 Å². The van der Waals surface area contributed by atoms with E-state index in [0.717, 1.165) is 16.4 Å². The van der Waals surface area contributed by atoms with E-state index < -0.39 is 0 Å². The molecule has 0 aromatic heterocycles. The summed E-state index contributed by atoms with van der Waals surface area (Å²) in [5.41, 5.74) is 0. The van der Waals surface area contributed by atoms with Gasteiger partial charge in [-0.2, -0.15) is 0 Å². The molecular formula is C10H22S2. The van der Waals surface area contributed by atoms with Crippen molar-refractivity contribution in [2.24, 2.45) is 5.92 Å². The molecule has 1 unspecified atom stereocenters. The molecule has 0 saturated carbocycles. The first kappa shape index (κ1) is 12.7. The highest BCUT2D eigenvalue weighted by Crippen LogP contribution is 2.32. The maximum Gasteiger partial charge on any atom is 0.0123 e. The van der Waals surface area contributed by atoms with Gasteiger partial charge in [-0.3, -0.25) is 0 Å². The van der Waals surface area contributed by atoms with Crippen LogP contribution in [0.2, 0.25) is 0 Å². The Kier molecular flexibility index (Phi) is 7.55. The van der Waals surface area contributed by atoms with E-state index >= 15 is 0 Å². The highest BCUT2D eigenvalue weighted by Gasteiger charge is 2.05. The Hall–Kier alpha value is 0.700. The summed E-state index contributed by atoms with van der Waals surface area (Å²) in [5, 5.41) is 1.58. The number of hydrogen-bond donors (Lipinski definition) is 0.